The minimum atomic E-state index is -0.942. The van der Waals surface area contributed by atoms with Crippen LogP contribution in [0.1, 0.15) is 6.42 Å². The molecule has 1 unspecified atom stereocenters. The van der Waals surface area contributed by atoms with Crippen LogP contribution in [0.2, 0.25) is 0 Å². The highest BCUT2D eigenvalue weighted by Gasteiger charge is 2.28. The van der Waals surface area contributed by atoms with Crippen LogP contribution in [0, 0.1) is 11.6 Å². The Bertz CT molecular complexity index is 410. The van der Waals surface area contributed by atoms with Crippen molar-refractivity contribution in [1.82, 2.24) is 0 Å². The maximum atomic E-state index is 12.9. The third-order valence-corrected chi connectivity index (χ3v) is 2.67. The summed E-state index contributed by atoms with van der Waals surface area (Å²) in [5.41, 5.74) is 0.385. The number of thiol groups is 1. The number of rotatable bonds is 1. The van der Waals surface area contributed by atoms with Crippen LogP contribution < -0.4 is 4.90 Å². The molecule has 0 aromatic heterocycles. The Morgan fingerprint density at radius 3 is 2.60 bits per heavy atom. The van der Waals surface area contributed by atoms with Crippen LogP contribution in [0.15, 0.2) is 18.2 Å². The zero-order valence-corrected chi connectivity index (χ0v) is 8.68. The summed E-state index contributed by atoms with van der Waals surface area (Å²) in [6.45, 7) is 0.438. The number of carbonyl (C=O) groups is 1. The number of hydrogen-bond acceptors (Lipinski definition) is 2. The standard InChI is InChI=1S/C10H9F2NOS/c11-8-2-1-6(3-9(8)12)13-5-7(15)4-10(13)14/h1-3,7,15H,4-5H2. The van der Waals surface area contributed by atoms with Gasteiger partial charge in [-0.25, -0.2) is 8.78 Å². The van der Waals surface area contributed by atoms with Crippen molar-refractivity contribution in [1.29, 1.82) is 0 Å². The fourth-order valence-electron chi connectivity index (χ4n) is 1.59. The number of halogens is 2. The molecular formula is C10H9F2NOS. The lowest BCUT2D eigenvalue weighted by atomic mass is 10.3. The Hall–Kier alpha value is -1.10. The predicted molar refractivity (Wildman–Crippen MR) is 56.1 cm³/mol. The first-order chi connectivity index (χ1) is 7.08. The summed E-state index contributed by atoms with van der Waals surface area (Å²) in [5, 5.41) is -0.0365. The van der Waals surface area contributed by atoms with Crippen molar-refractivity contribution in [3.63, 3.8) is 0 Å². The zero-order valence-electron chi connectivity index (χ0n) is 7.78. The highest BCUT2D eigenvalue weighted by Crippen LogP contribution is 2.25. The van der Waals surface area contributed by atoms with Gasteiger partial charge in [-0.2, -0.15) is 12.6 Å². The summed E-state index contributed by atoms with van der Waals surface area (Å²) < 4.78 is 25.6. The van der Waals surface area contributed by atoms with Gasteiger partial charge >= 0.3 is 0 Å². The first-order valence-electron chi connectivity index (χ1n) is 4.51. The molecule has 15 heavy (non-hydrogen) atoms. The van der Waals surface area contributed by atoms with Crippen molar-refractivity contribution < 1.29 is 13.6 Å². The van der Waals surface area contributed by atoms with Gasteiger partial charge < -0.3 is 4.90 Å². The van der Waals surface area contributed by atoms with Crippen LogP contribution in [0.5, 0.6) is 0 Å². The normalized spacial score (nSPS) is 21.1. The Balaban J connectivity index is 2.30. The molecule has 0 spiro atoms. The van der Waals surface area contributed by atoms with E-state index in [9.17, 15) is 13.6 Å². The largest absolute Gasteiger partial charge is 0.311 e. The van der Waals surface area contributed by atoms with Crippen molar-refractivity contribution in [2.75, 3.05) is 11.4 Å². The number of hydrogen-bond donors (Lipinski definition) is 1. The quantitative estimate of drug-likeness (QED) is 0.730. The topological polar surface area (TPSA) is 20.3 Å². The molecule has 1 fully saturated rings. The second-order valence-corrected chi connectivity index (χ2v) is 4.19. The second-order valence-electron chi connectivity index (χ2n) is 3.46. The van der Waals surface area contributed by atoms with Gasteiger partial charge in [0.1, 0.15) is 0 Å². The van der Waals surface area contributed by atoms with Crippen molar-refractivity contribution in [3.05, 3.63) is 29.8 Å². The van der Waals surface area contributed by atoms with Gasteiger partial charge in [0.25, 0.3) is 0 Å². The van der Waals surface area contributed by atoms with Gasteiger partial charge in [0, 0.05) is 30.0 Å². The molecule has 80 valence electrons. The minimum Gasteiger partial charge on any atom is -0.311 e. The summed E-state index contributed by atoms with van der Waals surface area (Å²) in [6, 6.07) is 3.44. The average molecular weight is 229 g/mol. The van der Waals surface area contributed by atoms with Gasteiger partial charge in [-0.1, -0.05) is 0 Å². The van der Waals surface area contributed by atoms with Crippen LogP contribution in [0.3, 0.4) is 0 Å². The molecule has 1 aromatic carbocycles. The lowest BCUT2D eigenvalue weighted by molar-refractivity contribution is -0.117. The molecule has 1 heterocycles. The van der Waals surface area contributed by atoms with Crippen LogP contribution in [0.4, 0.5) is 14.5 Å². The third kappa shape index (κ3) is 1.97. The molecule has 0 radical (unpaired) electrons. The van der Waals surface area contributed by atoms with E-state index in [-0.39, 0.29) is 11.2 Å². The first kappa shape index (κ1) is 10.4. The van der Waals surface area contributed by atoms with E-state index >= 15 is 0 Å². The second kappa shape index (κ2) is 3.81. The molecule has 0 aliphatic carbocycles. The molecule has 1 aromatic rings. The van der Waals surface area contributed by atoms with E-state index in [1.165, 1.54) is 11.0 Å². The van der Waals surface area contributed by atoms with E-state index in [0.717, 1.165) is 12.1 Å². The summed E-state index contributed by atoms with van der Waals surface area (Å²) in [5.74, 6) is -1.96. The molecule has 1 aliphatic heterocycles. The molecule has 0 saturated carbocycles. The van der Waals surface area contributed by atoms with E-state index in [1.54, 1.807) is 0 Å². The van der Waals surface area contributed by atoms with Crippen LogP contribution in [0.25, 0.3) is 0 Å². The molecule has 1 aliphatic rings. The first-order valence-corrected chi connectivity index (χ1v) is 5.03. The lowest BCUT2D eigenvalue weighted by Gasteiger charge is -2.15. The van der Waals surface area contributed by atoms with E-state index in [0.29, 0.717) is 18.7 Å². The molecule has 0 bridgehead atoms. The summed E-state index contributed by atoms with van der Waals surface area (Å²) in [7, 11) is 0. The van der Waals surface area contributed by atoms with E-state index < -0.39 is 11.6 Å². The van der Waals surface area contributed by atoms with Crippen molar-refractivity contribution >= 4 is 24.2 Å². The van der Waals surface area contributed by atoms with Gasteiger partial charge in [-0.15, -0.1) is 0 Å². The summed E-state index contributed by atoms with van der Waals surface area (Å²) in [4.78, 5) is 12.9. The fourth-order valence-corrected chi connectivity index (χ4v) is 1.91. The number of carbonyl (C=O) groups excluding carboxylic acids is 1. The average Bonchev–Trinajstić information content (AvgIpc) is 2.50. The Labute approximate surface area is 91.3 Å². The molecular weight excluding hydrogens is 220 g/mol. The summed E-state index contributed by atoms with van der Waals surface area (Å²) in [6.07, 6.45) is 0.335. The van der Waals surface area contributed by atoms with Crippen molar-refractivity contribution in [2.24, 2.45) is 0 Å². The zero-order chi connectivity index (χ0) is 11.0. The maximum Gasteiger partial charge on any atom is 0.228 e. The number of amides is 1. The van der Waals surface area contributed by atoms with Crippen LogP contribution in [-0.4, -0.2) is 17.7 Å². The van der Waals surface area contributed by atoms with Crippen LogP contribution >= 0.6 is 12.6 Å². The Morgan fingerprint density at radius 2 is 2.07 bits per heavy atom. The minimum absolute atomic E-state index is 0.0365. The maximum absolute atomic E-state index is 12.9. The Kier molecular flexibility index (Phi) is 2.65. The van der Waals surface area contributed by atoms with E-state index in [4.69, 9.17) is 0 Å². The highest BCUT2D eigenvalue weighted by molar-refractivity contribution is 7.81. The number of benzene rings is 1. The SMILES string of the molecule is O=C1CC(S)CN1c1ccc(F)c(F)c1. The lowest BCUT2D eigenvalue weighted by Crippen LogP contribution is -2.24. The van der Waals surface area contributed by atoms with Gasteiger partial charge in [0.15, 0.2) is 11.6 Å². The number of nitrogens with zero attached hydrogens (tertiary/aromatic N) is 1. The van der Waals surface area contributed by atoms with E-state index in [2.05, 4.69) is 12.6 Å². The Morgan fingerprint density at radius 1 is 1.33 bits per heavy atom. The molecule has 1 saturated heterocycles. The fraction of sp³-hybridized carbons (Fsp3) is 0.300. The van der Waals surface area contributed by atoms with Gasteiger partial charge in [-0.05, 0) is 12.1 Å². The molecule has 0 N–H and O–H groups in total. The molecule has 2 rings (SSSR count). The van der Waals surface area contributed by atoms with E-state index in [1.807, 2.05) is 0 Å². The molecule has 1 atom stereocenters. The molecule has 5 heteroatoms. The molecule has 1 amide bonds. The number of anilines is 1. The van der Waals surface area contributed by atoms with Crippen molar-refractivity contribution in [2.45, 2.75) is 11.7 Å². The summed E-state index contributed by atoms with van der Waals surface area (Å²) >= 11 is 4.18. The van der Waals surface area contributed by atoms with Crippen molar-refractivity contribution in [3.8, 4) is 0 Å². The van der Waals surface area contributed by atoms with Crippen LogP contribution in [-0.2, 0) is 4.79 Å². The van der Waals surface area contributed by atoms with Gasteiger partial charge in [-0.3, -0.25) is 4.79 Å². The predicted octanol–water partition coefficient (Wildman–Crippen LogP) is 2.00. The highest BCUT2D eigenvalue weighted by atomic mass is 32.1. The molecule has 2 nitrogen and oxygen atoms in total. The van der Waals surface area contributed by atoms with Gasteiger partial charge in [0.05, 0.1) is 0 Å². The van der Waals surface area contributed by atoms with Gasteiger partial charge in [0.2, 0.25) is 5.91 Å². The monoisotopic (exact) mass is 229 g/mol. The third-order valence-electron chi connectivity index (χ3n) is 2.32. The smallest absolute Gasteiger partial charge is 0.228 e.